The topological polar surface area (TPSA) is 81.4 Å². The van der Waals surface area contributed by atoms with Crippen LogP contribution in [0.5, 0.6) is 0 Å². The second kappa shape index (κ2) is 4.98. The van der Waals surface area contributed by atoms with E-state index >= 15 is 0 Å². The summed E-state index contributed by atoms with van der Waals surface area (Å²) >= 11 is 0. The summed E-state index contributed by atoms with van der Waals surface area (Å²) in [7, 11) is 0. The lowest BCUT2D eigenvalue weighted by atomic mass is 9.88. The Labute approximate surface area is 127 Å². The molecule has 0 saturated carbocycles. The molecule has 0 saturated heterocycles. The van der Waals surface area contributed by atoms with Crippen LogP contribution in [0.3, 0.4) is 0 Å². The van der Waals surface area contributed by atoms with Crippen molar-refractivity contribution in [3.05, 3.63) is 46.7 Å². The highest BCUT2D eigenvalue weighted by molar-refractivity contribution is 6.02. The Balaban J connectivity index is 1.87. The van der Waals surface area contributed by atoms with Gasteiger partial charge in [0.25, 0.3) is 5.91 Å². The smallest absolute Gasteiger partial charge is 0.339 e. The number of hydrogen-bond acceptors (Lipinski definition) is 5. The number of rotatable bonds is 2. The molecule has 0 aliphatic carbocycles. The molecule has 2 aromatic rings. The standard InChI is InChI=1S/C16H16N2O4/c1-9-4-5-12-11(6-9)8-16(3,21-14(12)19)15(20)17-13-7-10(2)22-18-13/h4-7H,8H2,1-3H3,(H,17,18,20)/t16-/m0/s1. The molecule has 0 fully saturated rings. The first-order valence-corrected chi connectivity index (χ1v) is 6.95. The van der Waals surface area contributed by atoms with Gasteiger partial charge in [0.15, 0.2) is 11.4 Å². The number of cyclic esters (lactones) is 1. The number of nitrogens with zero attached hydrogens (tertiary/aromatic N) is 1. The molecule has 114 valence electrons. The predicted molar refractivity (Wildman–Crippen MR) is 78.6 cm³/mol. The highest BCUT2D eigenvalue weighted by Gasteiger charge is 2.43. The lowest BCUT2D eigenvalue weighted by Crippen LogP contribution is -2.49. The van der Waals surface area contributed by atoms with Crippen molar-refractivity contribution >= 4 is 17.7 Å². The number of carbonyl (C=O) groups is 2. The lowest BCUT2D eigenvalue weighted by molar-refractivity contribution is -0.134. The summed E-state index contributed by atoms with van der Waals surface area (Å²) in [5.74, 6) is -0.0339. The molecule has 6 heteroatoms. The molecule has 3 rings (SSSR count). The Morgan fingerprint density at radius 1 is 1.32 bits per heavy atom. The van der Waals surface area contributed by atoms with Gasteiger partial charge in [0.1, 0.15) is 5.76 Å². The first-order valence-electron chi connectivity index (χ1n) is 6.95. The molecule has 2 heterocycles. The molecule has 1 aliphatic rings. The van der Waals surface area contributed by atoms with Crippen molar-refractivity contribution in [1.29, 1.82) is 0 Å². The molecule has 1 aromatic carbocycles. The normalized spacial score (nSPS) is 20.2. The third kappa shape index (κ3) is 2.47. The van der Waals surface area contributed by atoms with Gasteiger partial charge in [0.05, 0.1) is 5.56 Å². The molecular formula is C16H16N2O4. The highest BCUT2D eigenvalue weighted by atomic mass is 16.6. The number of benzene rings is 1. The maximum atomic E-state index is 12.5. The zero-order valence-electron chi connectivity index (χ0n) is 12.6. The summed E-state index contributed by atoms with van der Waals surface area (Å²) in [5.41, 5.74) is 1.08. The predicted octanol–water partition coefficient (Wildman–Crippen LogP) is 2.40. The van der Waals surface area contributed by atoms with E-state index in [1.165, 1.54) is 0 Å². The molecule has 1 amide bonds. The summed E-state index contributed by atoms with van der Waals surface area (Å²) < 4.78 is 10.3. The van der Waals surface area contributed by atoms with Crippen LogP contribution in [0.1, 0.15) is 34.2 Å². The number of esters is 1. The Bertz CT molecular complexity index is 765. The van der Waals surface area contributed by atoms with E-state index in [9.17, 15) is 9.59 Å². The zero-order valence-corrected chi connectivity index (χ0v) is 12.6. The monoisotopic (exact) mass is 300 g/mol. The fraction of sp³-hybridized carbons (Fsp3) is 0.312. The van der Waals surface area contributed by atoms with Gasteiger partial charge in [-0.2, -0.15) is 0 Å². The Morgan fingerprint density at radius 3 is 2.77 bits per heavy atom. The summed E-state index contributed by atoms with van der Waals surface area (Å²) in [6.07, 6.45) is 0.318. The van der Waals surface area contributed by atoms with Crippen LogP contribution < -0.4 is 5.32 Å². The first kappa shape index (κ1) is 14.3. The van der Waals surface area contributed by atoms with E-state index in [0.717, 1.165) is 11.1 Å². The van der Waals surface area contributed by atoms with Gasteiger partial charge in [0.2, 0.25) is 0 Å². The zero-order chi connectivity index (χ0) is 15.9. The van der Waals surface area contributed by atoms with E-state index in [1.807, 2.05) is 19.1 Å². The molecule has 1 aliphatic heterocycles. The minimum atomic E-state index is -1.27. The second-order valence-electron chi connectivity index (χ2n) is 5.73. The van der Waals surface area contributed by atoms with Crippen molar-refractivity contribution in [2.45, 2.75) is 32.8 Å². The molecule has 0 spiro atoms. The number of aryl methyl sites for hydroxylation is 2. The summed E-state index contributed by atoms with van der Waals surface area (Å²) in [6, 6.07) is 7.08. The third-order valence-electron chi connectivity index (χ3n) is 3.68. The van der Waals surface area contributed by atoms with Crippen molar-refractivity contribution in [3.63, 3.8) is 0 Å². The van der Waals surface area contributed by atoms with Crippen LogP contribution >= 0.6 is 0 Å². The van der Waals surface area contributed by atoms with Gasteiger partial charge in [-0.15, -0.1) is 0 Å². The van der Waals surface area contributed by atoms with Crippen LogP contribution in [-0.2, 0) is 16.0 Å². The number of ether oxygens (including phenoxy) is 1. The van der Waals surface area contributed by atoms with Crippen LogP contribution in [0.15, 0.2) is 28.8 Å². The van der Waals surface area contributed by atoms with E-state index in [-0.39, 0.29) is 0 Å². The van der Waals surface area contributed by atoms with Crippen LogP contribution in [0, 0.1) is 13.8 Å². The molecule has 6 nitrogen and oxygen atoms in total. The minimum absolute atomic E-state index is 0.301. The molecular weight excluding hydrogens is 284 g/mol. The van der Waals surface area contributed by atoms with Crippen LogP contribution in [-0.4, -0.2) is 22.6 Å². The van der Waals surface area contributed by atoms with E-state index in [2.05, 4.69) is 10.5 Å². The maximum absolute atomic E-state index is 12.5. The van der Waals surface area contributed by atoms with E-state index < -0.39 is 17.5 Å². The average molecular weight is 300 g/mol. The van der Waals surface area contributed by atoms with Crippen LogP contribution in [0.2, 0.25) is 0 Å². The van der Waals surface area contributed by atoms with Gasteiger partial charge in [-0.05, 0) is 32.4 Å². The molecule has 0 unspecified atom stereocenters. The number of anilines is 1. The van der Waals surface area contributed by atoms with Gasteiger partial charge in [-0.25, -0.2) is 4.79 Å². The van der Waals surface area contributed by atoms with Crippen LogP contribution in [0.25, 0.3) is 0 Å². The van der Waals surface area contributed by atoms with Crippen molar-refractivity contribution in [1.82, 2.24) is 5.16 Å². The quantitative estimate of drug-likeness (QED) is 0.861. The average Bonchev–Trinajstić information content (AvgIpc) is 2.83. The molecule has 1 atom stereocenters. The highest BCUT2D eigenvalue weighted by Crippen LogP contribution is 2.30. The summed E-state index contributed by atoms with van der Waals surface area (Å²) in [4.78, 5) is 24.6. The van der Waals surface area contributed by atoms with Crippen LogP contribution in [0.4, 0.5) is 5.82 Å². The largest absolute Gasteiger partial charge is 0.445 e. The Kier molecular flexibility index (Phi) is 3.24. The van der Waals surface area contributed by atoms with Gasteiger partial charge in [0, 0.05) is 12.5 Å². The number of fused-ring (bicyclic) bond motifs is 1. The minimum Gasteiger partial charge on any atom is -0.445 e. The summed E-state index contributed by atoms with van der Waals surface area (Å²) in [5, 5.41) is 6.33. The third-order valence-corrected chi connectivity index (χ3v) is 3.68. The number of carbonyl (C=O) groups excluding carboxylic acids is 2. The Morgan fingerprint density at radius 2 is 2.09 bits per heavy atom. The van der Waals surface area contributed by atoms with Gasteiger partial charge >= 0.3 is 5.97 Å². The molecule has 1 N–H and O–H groups in total. The summed E-state index contributed by atoms with van der Waals surface area (Å²) in [6.45, 7) is 5.26. The SMILES string of the molecule is Cc1ccc2c(c1)C[C@@](C)(C(=O)Nc1cc(C)on1)OC2=O. The van der Waals surface area contributed by atoms with Gasteiger partial charge in [-0.3, -0.25) is 4.79 Å². The first-order chi connectivity index (χ1) is 10.4. The molecule has 0 bridgehead atoms. The number of hydrogen-bond donors (Lipinski definition) is 1. The number of nitrogens with one attached hydrogen (secondary N) is 1. The van der Waals surface area contributed by atoms with E-state index in [1.54, 1.807) is 26.0 Å². The molecule has 1 aromatic heterocycles. The fourth-order valence-electron chi connectivity index (χ4n) is 2.53. The van der Waals surface area contributed by atoms with Crippen molar-refractivity contribution < 1.29 is 18.8 Å². The van der Waals surface area contributed by atoms with Gasteiger partial charge in [-0.1, -0.05) is 22.9 Å². The fourth-order valence-corrected chi connectivity index (χ4v) is 2.53. The van der Waals surface area contributed by atoms with Crippen molar-refractivity contribution in [2.75, 3.05) is 5.32 Å². The number of aromatic nitrogens is 1. The second-order valence-corrected chi connectivity index (χ2v) is 5.73. The van der Waals surface area contributed by atoms with Crippen molar-refractivity contribution in [3.8, 4) is 0 Å². The van der Waals surface area contributed by atoms with E-state index in [0.29, 0.717) is 23.6 Å². The maximum Gasteiger partial charge on any atom is 0.339 e. The number of amides is 1. The molecule has 0 radical (unpaired) electrons. The van der Waals surface area contributed by atoms with E-state index in [4.69, 9.17) is 9.26 Å². The van der Waals surface area contributed by atoms with Gasteiger partial charge < -0.3 is 14.6 Å². The molecule has 22 heavy (non-hydrogen) atoms. The lowest BCUT2D eigenvalue weighted by Gasteiger charge is -2.32. The van der Waals surface area contributed by atoms with Crippen molar-refractivity contribution in [2.24, 2.45) is 0 Å². The Hall–Kier alpha value is -2.63.